The molecule has 1 N–H and O–H groups in total. The monoisotopic (exact) mass is 346 g/mol. The average molecular weight is 347 g/mol. The van der Waals surface area contributed by atoms with Gasteiger partial charge < -0.3 is 10.1 Å². The summed E-state index contributed by atoms with van der Waals surface area (Å²) >= 11 is 6.03. The van der Waals surface area contributed by atoms with Gasteiger partial charge in [-0.2, -0.15) is 0 Å². The van der Waals surface area contributed by atoms with Gasteiger partial charge in [0.1, 0.15) is 6.54 Å². The fourth-order valence-corrected chi connectivity index (χ4v) is 3.41. The molecule has 2 rings (SSSR count). The van der Waals surface area contributed by atoms with Gasteiger partial charge in [-0.1, -0.05) is 23.7 Å². The van der Waals surface area contributed by atoms with Gasteiger partial charge in [0, 0.05) is 13.2 Å². The molecule has 1 aliphatic rings. The second-order valence-electron chi connectivity index (χ2n) is 5.16. The van der Waals surface area contributed by atoms with Crippen LogP contribution in [0.4, 0.5) is 5.69 Å². The number of para-hydroxylation sites is 1. The number of hydrogen-bond donors (Lipinski definition) is 1. The highest BCUT2D eigenvalue weighted by molar-refractivity contribution is 7.92. The summed E-state index contributed by atoms with van der Waals surface area (Å²) in [6.45, 7) is 0.782. The molecule has 0 saturated carbocycles. The lowest BCUT2D eigenvalue weighted by molar-refractivity contribution is -0.120. The van der Waals surface area contributed by atoms with E-state index in [2.05, 4.69) is 5.32 Å². The van der Waals surface area contributed by atoms with Gasteiger partial charge in [-0.3, -0.25) is 9.10 Å². The lowest BCUT2D eigenvalue weighted by Gasteiger charge is -2.23. The summed E-state index contributed by atoms with van der Waals surface area (Å²) in [6, 6.07) is 6.52. The van der Waals surface area contributed by atoms with Gasteiger partial charge in [0.15, 0.2) is 0 Å². The van der Waals surface area contributed by atoms with Crippen molar-refractivity contribution in [2.24, 2.45) is 0 Å². The van der Waals surface area contributed by atoms with Crippen molar-refractivity contribution in [3.8, 4) is 0 Å². The summed E-state index contributed by atoms with van der Waals surface area (Å²) in [4.78, 5) is 12.0. The molecule has 6 nitrogen and oxygen atoms in total. The number of sulfonamides is 1. The first-order chi connectivity index (χ1) is 10.4. The lowest BCUT2D eigenvalue weighted by atomic mass is 10.2. The average Bonchev–Trinajstić information content (AvgIpc) is 2.95. The van der Waals surface area contributed by atoms with E-state index in [4.69, 9.17) is 16.3 Å². The van der Waals surface area contributed by atoms with Crippen molar-refractivity contribution in [3.05, 3.63) is 29.3 Å². The fraction of sp³-hybridized carbons (Fsp3) is 0.500. The smallest absolute Gasteiger partial charge is 0.240 e. The maximum Gasteiger partial charge on any atom is 0.240 e. The van der Waals surface area contributed by atoms with Gasteiger partial charge in [0.2, 0.25) is 15.9 Å². The first-order valence-corrected chi connectivity index (χ1v) is 9.21. The molecule has 8 heteroatoms. The first kappa shape index (κ1) is 17.1. The maximum absolute atomic E-state index is 12.0. The standard InChI is InChI=1S/C14H19ClN2O4S/c1-22(19,20)17(13-7-3-2-6-12(13)15)10-14(18)16-9-11-5-4-8-21-11/h2-3,6-7,11H,4-5,8-10H2,1H3,(H,16,18)/t11-/m1/s1. The van der Waals surface area contributed by atoms with E-state index in [0.717, 1.165) is 23.4 Å². The molecule has 22 heavy (non-hydrogen) atoms. The third kappa shape index (κ3) is 4.59. The molecule has 0 bridgehead atoms. The molecule has 0 aliphatic carbocycles. The van der Waals surface area contributed by atoms with Gasteiger partial charge in [-0.15, -0.1) is 0 Å². The van der Waals surface area contributed by atoms with Crippen LogP contribution in [0.1, 0.15) is 12.8 Å². The third-order valence-corrected chi connectivity index (χ3v) is 4.81. The first-order valence-electron chi connectivity index (χ1n) is 6.98. The number of carbonyl (C=O) groups is 1. The van der Waals surface area contributed by atoms with E-state index in [1.54, 1.807) is 24.3 Å². The number of benzene rings is 1. The lowest BCUT2D eigenvalue weighted by Crippen LogP contribution is -2.42. The van der Waals surface area contributed by atoms with Crippen LogP contribution in [0.25, 0.3) is 0 Å². The second kappa shape index (κ2) is 7.30. The molecule has 0 spiro atoms. The van der Waals surface area contributed by atoms with Crippen molar-refractivity contribution in [1.29, 1.82) is 0 Å². The molecule has 1 aromatic rings. The Bertz CT molecular complexity index is 629. The van der Waals surface area contributed by atoms with Crippen molar-refractivity contribution in [1.82, 2.24) is 5.32 Å². The fourth-order valence-electron chi connectivity index (χ4n) is 2.25. The van der Waals surface area contributed by atoms with E-state index in [1.165, 1.54) is 0 Å². The quantitative estimate of drug-likeness (QED) is 0.844. The van der Waals surface area contributed by atoms with Crippen molar-refractivity contribution in [2.75, 3.05) is 30.3 Å². The maximum atomic E-state index is 12.0. The number of halogens is 1. The molecule has 1 aromatic carbocycles. The minimum atomic E-state index is -3.62. The van der Waals surface area contributed by atoms with Crippen LogP contribution in [0.2, 0.25) is 5.02 Å². The molecule has 122 valence electrons. The Hall–Kier alpha value is -1.31. The summed E-state index contributed by atoms with van der Waals surface area (Å²) in [5.74, 6) is -0.388. The van der Waals surface area contributed by atoms with Crippen LogP contribution in [-0.2, 0) is 19.6 Å². The van der Waals surface area contributed by atoms with Crippen LogP contribution in [0.3, 0.4) is 0 Å². The highest BCUT2D eigenvalue weighted by Crippen LogP contribution is 2.26. The van der Waals surface area contributed by atoms with Gasteiger partial charge in [-0.05, 0) is 25.0 Å². The number of nitrogens with one attached hydrogen (secondary N) is 1. The zero-order valence-electron chi connectivity index (χ0n) is 12.3. The molecule has 0 radical (unpaired) electrons. The van der Waals surface area contributed by atoms with Crippen LogP contribution >= 0.6 is 11.6 Å². The van der Waals surface area contributed by atoms with Gasteiger partial charge in [-0.25, -0.2) is 8.42 Å². The van der Waals surface area contributed by atoms with E-state index >= 15 is 0 Å². The Balaban J connectivity index is 2.04. The zero-order chi connectivity index (χ0) is 16.2. The highest BCUT2D eigenvalue weighted by atomic mass is 35.5. The Kier molecular flexibility index (Phi) is 5.66. The van der Waals surface area contributed by atoms with Crippen molar-refractivity contribution < 1.29 is 17.9 Å². The van der Waals surface area contributed by atoms with E-state index in [-0.39, 0.29) is 23.6 Å². The van der Waals surface area contributed by atoms with Crippen LogP contribution in [0.5, 0.6) is 0 Å². The summed E-state index contributed by atoms with van der Waals surface area (Å²) in [6.07, 6.45) is 2.94. The molecule has 1 fully saturated rings. The van der Waals surface area contributed by atoms with Gasteiger partial charge >= 0.3 is 0 Å². The largest absolute Gasteiger partial charge is 0.376 e. The highest BCUT2D eigenvalue weighted by Gasteiger charge is 2.23. The van der Waals surface area contributed by atoms with Crippen LogP contribution in [-0.4, -0.2) is 46.4 Å². The number of anilines is 1. The molecule has 1 aliphatic heterocycles. The van der Waals surface area contributed by atoms with Crippen LogP contribution in [0.15, 0.2) is 24.3 Å². The topological polar surface area (TPSA) is 75.7 Å². The molecule has 0 aromatic heterocycles. The molecular formula is C14H19ClN2O4S. The minimum absolute atomic E-state index is 0.0101. The predicted molar refractivity (Wildman–Crippen MR) is 85.6 cm³/mol. The van der Waals surface area contributed by atoms with Gasteiger partial charge in [0.05, 0.1) is 23.1 Å². The summed E-state index contributed by atoms with van der Waals surface area (Å²) in [5.41, 5.74) is 0.291. The minimum Gasteiger partial charge on any atom is -0.376 e. The molecule has 1 amide bonds. The van der Waals surface area contributed by atoms with E-state index in [9.17, 15) is 13.2 Å². The van der Waals surface area contributed by atoms with Crippen molar-refractivity contribution >= 4 is 33.2 Å². The zero-order valence-corrected chi connectivity index (χ0v) is 13.9. The molecule has 1 atom stereocenters. The van der Waals surface area contributed by atoms with E-state index in [0.29, 0.717) is 18.8 Å². The number of ether oxygens (including phenoxy) is 1. The summed E-state index contributed by atoms with van der Waals surface area (Å²) in [5, 5.41) is 2.98. The molecule has 1 heterocycles. The predicted octanol–water partition coefficient (Wildman–Crippen LogP) is 1.40. The normalized spacial score (nSPS) is 18.2. The number of carbonyl (C=O) groups excluding carboxylic acids is 1. The van der Waals surface area contributed by atoms with Crippen molar-refractivity contribution in [3.63, 3.8) is 0 Å². The third-order valence-electron chi connectivity index (χ3n) is 3.36. The number of rotatable bonds is 6. The Morgan fingerprint density at radius 2 is 2.18 bits per heavy atom. The van der Waals surface area contributed by atoms with Gasteiger partial charge in [0.25, 0.3) is 0 Å². The Labute approximate surface area is 135 Å². The number of amides is 1. The number of nitrogens with zero attached hydrogens (tertiary/aromatic N) is 1. The summed E-state index contributed by atoms with van der Waals surface area (Å²) < 4.78 is 30.3. The van der Waals surface area contributed by atoms with Crippen molar-refractivity contribution in [2.45, 2.75) is 18.9 Å². The Morgan fingerprint density at radius 1 is 1.45 bits per heavy atom. The molecular weight excluding hydrogens is 328 g/mol. The van der Waals surface area contributed by atoms with E-state index < -0.39 is 10.0 Å². The number of hydrogen-bond acceptors (Lipinski definition) is 4. The van der Waals surface area contributed by atoms with Crippen LogP contribution < -0.4 is 9.62 Å². The SMILES string of the molecule is CS(=O)(=O)N(CC(=O)NC[C@H]1CCCO1)c1ccccc1Cl. The molecule has 0 unspecified atom stereocenters. The van der Waals surface area contributed by atoms with E-state index in [1.807, 2.05) is 0 Å². The molecule has 1 saturated heterocycles. The Morgan fingerprint density at radius 3 is 2.77 bits per heavy atom. The summed E-state index contributed by atoms with van der Waals surface area (Å²) in [7, 11) is -3.62. The second-order valence-corrected chi connectivity index (χ2v) is 7.47. The van der Waals surface area contributed by atoms with Crippen LogP contribution in [0, 0.1) is 0 Å².